The Morgan fingerprint density at radius 2 is 0.765 bits per heavy atom. The van der Waals surface area contributed by atoms with Gasteiger partial charge in [-0.1, -0.05) is 79.7 Å². The van der Waals surface area contributed by atoms with Gasteiger partial charge in [0.25, 0.3) is 0 Å². The molecule has 2 aromatic rings. The first-order valence-electron chi connectivity index (χ1n) is 13.1. The molecule has 0 unspecified atom stereocenters. The molecule has 0 radical (unpaired) electrons. The van der Waals surface area contributed by atoms with Crippen LogP contribution in [0.3, 0.4) is 0 Å². The number of hydrogen-bond donors (Lipinski definition) is 2. The molecule has 0 aliphatic carbocycles. The average molecular weight is 467 g/mol. The predicted molar refractivity (Wildman–Crippen MR) is 143 cm³/mol. The Labute approximate surface area is 207 Å². The van der Waals surface area contributed by atoms with Crippen molar-refractivity contribution in [2.24, 2.45) is 0 Å². The number of hydrogen-bond acceptors (Lipinski definition) is 4. The smallest absolute Gasteiger partial charge is 0.122 e. The van der Waals surface area contributed by atoms with Crippen LogP contribution in [0.1, 0.15) is 112 Å². The van der Waals surface area contributed by atoms with Crippen LogP contribution in [-0.4, -0.2) is 46.2 Å². The Kier molecular flexibility index (Phi) is 8.70. The monoisotopic (exact) mass is 466 g/mol. The lowest BCUT2D eigenvalue weighted by Crippen LogP contribution is -2.45. The minimum atomic E-state index is 0.311. The highest BCUT2D eigenvalue weighted by atomic mass is 16.3. The van der Waals surface area contributed by atoms with Crippen molar-refractivity contribution < 1.29 is 10.2 Å². The summed E-state index contributed by atoms with van der Waals surface area (Å²) in [6.45, 7) is 23.3. The highest BCUT2D eigenvalue weighted by molar-refractivity contribution is 5.47. The maximum absolute atomic E-state index is 10.7. The van der Waals surface area contributed by atoms with Gasteiger partial charge in [0.05, 0.1) is 0 Å². The summed E-state index contributed by atoms with van der Waals surface area (Å²) < 4.78 is 0. The lowest BCUT2D eigenvalue weighted by Gasteiger charge is -2.35. The van der Waals surface area contributed by atoms with Crippen molar-refractivity contribution in [3.8, 4) is 11.5 Å². The SMILES string of the molecule is CC(C)c1cc(CN2CCN(Cc3cc(C(C)C)c(O)c(C(C)C)c3)CC2)cc(C(C)C)c1O. The van der Waals surface area contributed by atoms with Crippen molar-refractivity contribution in [2.45, 2.75) is 92.2 Å². The van der Waals surface area contributed by atoms with Crippen LogP contribution in [0.5, 0.6) is 11.5 Å². The van der Waals surface area contributed by atoms with Gasteiger partial charge < -0.3 is 10.2 Å². The van der Waals surface area contributed by atoms with Gasteiger partial charge in [0.15, 0.2) is 0 Å². The molecule has 0 amide bonds. The Balaban J connectivity index is 1.68. The number of benzene rings is 2. The summed E-state index contributed by atoms with van der Waals surface area (Å²) in [6.07, 6.45) is 0. The quantitative estimate of drug-likeness (QED) is 0.444. The maximum Gasteiger partial charge on any atom is 0.122 e. The summed E-state index contributed by atoms with van der Waals surface area (Å²) in [4.78, 5) is 5.07. The normalized spacial score (nSPS) is 15.9. The summed E-state index contributed by atoms with van der Waals surface area (Å²) in [5.74, 6) is 2.21. The van der Waals surface area contributed by atoms with Crippen molar-refractivity contribution in [1.82, 2.24) is 9.80 Å². The molecule has 188 valence electrons. The van der Waals surface area contributed by atoms with Gasteiger partial charge in [-0.05, 0) is 57.1 Å². The van der Waals surface area contributed by atoms with Crippen molar-refractivity contribution in [3.05, 3.63) is 57.6 Å². The van der Waals surface area contributed by atoms with Gasteiger partial charge in [0.1, 0.15) is 11.5 Å². The molecule has 0 aromatic heterocycles. The molecule has 4 nitrogen and oxygen atoms in total. The van der Waals surface area contributed by atoms with Crippen molar-refractivity contribution in [1.29, 1.82) is 0 Å². The van der Waals surface area contributed by atoms with Crippen LogP contribution in [0, 0.1) is 0 Å². The Bertz CT molecular complexity index is 832. The van der Waals surface area contributed by atoms with Gasteiger partial charge in [-0.3, -0.25) is 9.80 Å². The molecular weight excluding hydrogens is 420 g/mol. The number of piperazine rings is 1. The van der Waals surface area contributed by atoms with E-state index in [4.69, 9.17) is 0 Å². The van der Waals surface area contributed by atoms with E-state index in [9.17, 15) is 10.2 Å². The molecule has 1 aliphatic heterocycles. The van der Waals surface area contributed by atoms with Crippen LogP contribution >= 0.6 is 0 Å². The molecule has 1 heterocycles. The molecule has 1 aliphatic rings. The van der Waals surface area contributed by atoms with E-state index in [1.165, 1.54) is 11.1 Å². The van der Waals surface area contributed by atoms with Gasteiger partial charge in [-0.2, -0.15) is 0 Å². The van der Waals surface area contributed by atoms with Crippen LogP contribution < -0.4 is 0 Å². The molecule has 1 saturated heterocycles. The number of nitrogens with zero attached hydrogens (tertiary/aromatic N) is 2. The van der Waals surface area contributed by atoms with Crippen molar-refractivity contribution in [3.63, 3.8) is 0 Å². The third kappa shape index (κ3) is 6.14. The Morgan fingerprint density at radius 1 is 0.529 bits per heavy atom. The zero-order valence-electron chi connectivity index (χ0n) is 22.7. The summed E-state index contributed by atoms with van der Waals surface area (Å²) in [6, 6.07) is 8.82. The van der Waals surface area contributed by atoms with Gasteiger partial charge in [-0.15, -0.1) is 0 Å². The molecule has 34 heavy (non-hydrogen) atoms. The zero-order valence-corrected chi connectivity index (χ0v) is 22.7. The molecule has 0 atom stereocenters. The van der Waals surface area contributed by atoms with E-state index in [1.54, 1.807) is 0 Å². The van der Waals surface area contributed by atoms with Crippen LogP contribution in [-0.2, 0) is 13.1 Å². The zero-order chi connectivity index (χ0) is 25.2. The fourth-order valence-electron chi connectivity index (χ4n) is 5.05. The summed E-state index contributed by atoms with van der Waals surface area (Å²) in [5.41, 5.74) is 6.87. The van der Waals surface area contributed by atoms with Crippen LogP contribution in [0.15, 0.2) is 24.3 Å². The fourth-order valence-corrected chi connectivity index (χ4v) is 5.05. The lowest BCUT2D eigenvalue weighted by molar-refractivity contribution is 0.122. The second kappa shape index (κ2) is 11.1. The number of phenols is 2. The molecule has 4 heteroatoms. The molecule has 0 spiro atoms. The average Bonchev–Trinajstić information content (AvgIpc) is 2.76. The van der Waals surface area contributed by atoms with E-state index >= 15 is 0 Å². The fraction of sp³-hybridized carbons (Fsp3) is 0.600. The van der Waals surface area contributed by atoms with Gasteiger partial charge in [-0.25, -0.2) is 0 Å². The van der Waals surface area contributed by atoms with Crippen LogP contribution in [0.25, 0.3) is 0 Å². The van der Waals surface area contributed by atoms with E-state index < -0.39 is 0 Å². The minimum Gasteiger partial charge on any atom is -0.507 e. The molecule has 2 N–H and O–H groups in total. The second-order valence-corrected chi connectivity index (χ2v) is 11.4. The topological polar surface area (TPSA) is 46.9 Å². The first-order chi connectivity index (χ1) is 16.0. The summed E-state index contributed by atoms with van der Waals surface area (Å²) >= 11 is 0. The second-order valence-electron chi connectivity index (χ2n) is 11.4. The first kappa shape index (κ1) is 26.6. The van der Waals surface area contributed by atoms with Crippen molar-refractivity contribution >= 4 is 0 Å². The van der Waals surface area contributed by atoms with E-state index in [-0.39, 0.29) is 0 Å². The van der Waals surface area contributed by atoms with Crippen molar-refractivity contribution in [2.75, 3.05) is 26.2 Å². The third-order valence-corrected chi connectivity index (χ3v) is 7.22. The van der Waals surface area contributed by atoms with E-state index in [0.29, 0.717) is 35.2 Å². The van der Waals surface area contributed by atoms with E-state index in [0.717, 1.165) is 61.5 Å². The number of rotatable bonds is 8. The molecule has 0 bridgehead atoms. The van der Waals surface area contributed by atoms with Crippen LogP contribution in [0.2, 0.25) is 0 Å². The van der Waals surface area contributed by atoms with Crippen LogP contribution in [0.4, 0.5) is 0 Å². The largest absolute Gasteiger partial charge is 0.507 e. The van der Waals surface area contributed by atoms with Gasteiger partial charge in [0, 0.05) is 39.3 Å². The molecular formula is C30H46N2O2. The van der Waals surface area contributed by atoms with Gasteiger partial charge in [0.2, 0.25) is 0 Å². The summed E-state index contributed by atoms with van der Waals surface area (Å²) in [5, 5.41) is 21.4. The first-order valence-corrected chi connectivity index (χ1v) is 13.1. The predicted octanol–water partition coefficient (Wildman–Crippen LogP) is 6.91. The number of aromatic hydroxyl groups is 2. The maximum atomic E-state index is 10.7. The Morgan fingerprint density at radius 3 is 0.971 bits per heavy atom. The van der Waals surface area contributed by atoms with Gasteiger partial charge >= 0.3 is 0 Å². The Hall–Kier alpha value is -2.04. The van der Waals surface area contributed by atoms with E-state index in [2.05, 4.69) is 89.5 Å². The molecule has 3 rings (SSSR count). The summed E-state index contributed by atoms with van der Waals surface area (Å²) in [7, 11) is 0. The molecule has 2 aromatic carbocycles. The lowest BCUT2D eigenvalue weighted by atomic mass is 9.91. The standard InChI is InChI=1S/C30H46N2O2/c1-19(2)25-13-23(14-26(20(3)4)29(25)33)17-31-9-11-32(12-10-31)18-24-15-27(21(5)6)30(34)28(16-24)22(7)8/h13-16,19-22,33-34H,9-12,17-18H2,1-8H3. The third-order valence-electron chi connectivity index (χ3n) is 7.22. The highest BCUT2D eigenvalue weighted by Gasteiger charge is 2.21. The molecule has 0 saturated carbocycles. The van der Waals surface area contributed by atoms with E-state index in [1.807, 2.05) is 0 Å². The molecule has 1 fully saturated rings. The highest BCUT2D eigenvalue weighted by Crippen LogP contribution is 2.36. The number of phenolic OH excluding ortho intramolecular Hbond substituents is 2. The minimum absolute atomic E-state index is 0.311.